The lowest BCUT2D eigenvalue weighted by molar-refractivity contribution is 0.0735. The molecule has 23 heavy (non-hydrogen) atoms. The van der Waals surface area contributed by atoms with E-state index in [1.54, 1.807) is 0 Å². The Morgan fingerprint density at radius 1 is 1.26 bits per heavy atom. The van der Waals surface area contributed by atoms with Crippen LogP contribution in [-0.4, -0.2) is 31.2 Å². The van der Waals surface area contributed by atoms with E-state index in [9.17, 15) is 8.78 Å². The lowest BCUT2D eigenvalue weighted by atomic mass is 10.3. The zero-order valence-electron chi connectivity index (χ0n) is 13.1. The van der Waals surface area contributed by atoms with Crippen LogP contribution < -0.4 is 21.7 Å². The normalized spacial score (nSPS) is 12.6. The highest BCUT2D eigenvalue weighted by atomic mass is 19.1. The van der Waals surface area contributed by atoms with Crippen molar-refractivity contribution in [3.63, 3.8) is 0 Å². The predicted octanol–water partition coefficient (Wildman–Crippen LogP) is 1.29. The van der Waals surface area contributed by atoms with Gasteiger partial charge >= 0.3 is 0 Å². The number of nitrogens with zero attached hydrogens (tertiary/aromatic N) is 2. The molecule has 128 valence electrons. The number of guanidine groups is 2. The quantitative estimate of drug-likeness (QED) is 0.302. The highest BCUT2D eigenvalue weighted by Gasteiger charge is 2.04. The number of aliphatic imine (C=N–C) groups is 2. The van der Waals surface area contributed by atoms with Gasteiger partial charge in [-0.05, 0) is 26.0 Å². The van der Waals surface area contributed by atoms with E-state index in [4.69, 9.17) is 21.0 Å². The number of hydrogen-bond donors (Lipinski definition) is 3. The fourth-order valence-corrected chi connectivity index (χ4v) is 1.47. The van der Waals surface area contributed by atoms with E-state index in [-0.39, 0.29) is 36.9 Å². The number of nitrogens with one attached hydrogen (secondary N) is 1. The molecule has 9 heteroatoms. The second kappa shape index (κ2) is 9.57. The van der Waals surface area contributed by atoms with Crippen molar-refractivity contribution in [3.8, 4) is 5.75 Å². The lowest BCUT2D eigenvalue weighted by Crippen LogP contribution is -2.34. The summed E-state index contributed by atoms with van der Waals surface area (Å²) in [5.74, 6) is -1.41. The molecule has 0 heterocycles. The molecule has 0 radical (unpaired) electrons. The van der Waals surface area contributed by atoms with Gasteiger partial charge in [-0.25, -0.2) is 19.3 Å². The van der Waals surface area contributed by atoms with Crippen molar-refractivity contribution in [1.82, 2.24) is 5.48 Å². The molecule has 0 saturated carbocycles. The standard InChI is InChI=1S/C14H21F2N5O2/c1-9(2)19-13(17)20-14(18)21-23-7-3-6-22-12-5-4-10(15)8-11(12)16/h4-5,8-9H,3,6-7H2,1-2H3,(H5,17,18,19,20,21). The van der Waals surface area contributed by atoms with E-state index >= 15 is 0 Å². The van der Waals surface area contributed by atoms with Crippen LogP contribution in [0.3, 0.4) is 0 Å². The molecule has 0 bridgehead atoms. The molecule has 0 spiro atoms. The van der Waals surface area contributed by atoms with Crippen LogP contribution in [-0.2, 0) is 4.84 Å². The van der Waals surface area contributed by atoms with Gasteiger partial charge < -0.3 is 16.2 Å². The van der Waals surface area contributed by atoms with Gasteiger partial charge in [-0.3, -0.25) is 4.84 Å². The molecule has 7 nitrogen and oxygen atoms in total. The molecule has 0 aromatic heterocycles. The van der Waals surface area contributed by atoms with Crippen molar-refractivity contribution in [2.45, 2.75) is 26.3 Å². The molecule has 0 unspecified atom stereocenters. The van der Waals surface area contributed by atoms with E-state index in [0.717, 1.165) is 12.1 Å². The summed E-state index contributed by atoms with van der Waals surface area (Å²) in [5.41, 5.74) is 13.4. The zero-order chi connectivity index (χ0) is 17.2. The molecule has 0 amide bonds. The van der Waals surface area contributed by atoms with Crippen molar-refractivity contribution in [1.29, 1.82) is 0 Å². The third-order valence-electron chi connectivity index (χ3n) is 2.34. The van der Waals surface area contributed by atoms with Crippen LogP contribution in [0.15, 0.2) is 28.2 Å². The third kappa shape index (κ3) is 7.96. The Morgan fingerprint density at radius 3 is 2.65 bits per heavy atom. The van der Waals surface area contributed by atoms with Crippen molar-refractivity contribution >= 4 is 11.9 Å². The molecule has 0 fully saturated rings. The second-order valence-corrected chi connectivity index (χ2v) is 4.81. The first-order valence-electron chi connectivity index (χ1n) is 7.01. The number of ether oxygens (including phenoxy) is 1. The molecular weight excluding hydrogens is 308 g/mol. The first-order valence-corrected chi connectivity index (χ1v) is 7.01. The lowest BCUT2D eigenvalue weighted by Gasteiger charge is -2.08. The fraction of sp³-hybridized carbons (Fsp3) is 0.429. The Bertz CT molecular complexity index is 564. The van der Waals surface area contributed by atoms with Crippen LogP contribution >= 0.6 is 0 Å². The highest BCUT2D eigenvalue weighted by Crippen LogP contribution is 2.17. The Labute approximate surface area is 133 Å². The molecule has 1 aromatic carbocycles. The van der Waals surface area contributed by atoms with Gasteiger partial charge in [0.2, 0.25) is 11.9 Å². The predicted molar refractivity (Wildman–Crippen MR) is 83.9 cm³/mol. The van der Waals surface area contributed by atoms with E-state index < -0.39 is 11.6 Å². The number of rotatable bonds is 7. The number of nitrogens with two attached hydrogens (primary N) is 2. The molecule has 1 rings (SSSR count). The van der Waals surface area contributed by atoms with Gasteiger partial charge in [-0.15, -0.1) is 0 Å². The van der Waals surface area contributed by atoms with Gasteiger partial charge in [0.05, 0.1) is 13.2 Å². The Balaban J connectivity index is 2.21. The minimum atomic E-state index is -0.750. The number of hydroxylamine groups is 1. The smallest absolute Gasteiger partial charge is 0.221 e. The average molecular weight is 329 g/mol. The highest BCUT2D eigenvalue weighted by molar-refractivity contribution is 5.92. The maximum atomic E-state index is 13.3. The van der Waals surface area contributed by atoms with E-state index in [0.29, 0.717) is 6.42 Å². The molecule has 1 aromatic rings. The van der Waals surface area contributed by atoms with Crippen LogP contribution in [0.4, 0.5) is 8.78 Å². The summed E-state index contributed by atoms with van der Waals surface area (Å²) < 4.78 is 31.1. The van der Waals surface area contributed by atoms with Crippen LogP contribution in [0.2, 0.25) is 0 Å². The number of halogens is 2. The maximum Gasteiger partial charge on any atom is 0.221 e. The first kappa shape index (κ1) is 18.6. The molecule has 0 aliphatic rings. The first-order chi connectivity index (χ1) is 10.9. The summed E-state index contributed by atoms with van der Waals surface area (Å²) in [4.78, 5) is 12.8. The summed E-state index contributed by atoms with van der Waals surface area (Å²) >= 11 is 0. The van der Waals surface area contributed by atoms with Crippen LogP contribution in [0, 0.1) is 11.6 Å². The van der Waals surface area contributed by atoms with E-state index in [1.807, 2.05) is 13.8 Å². The van der Waals surface area contributed by atoms with Gasteiger partial charge in [0.25, 0.3) is 0 Å². The van der Waals surface area contributed by atoms with E-state index in [1.165, 1.54) is 6.07 Å². The third-order valence-corrected chi connectivity index (χ3v) is 2.34. The molecule has 0 saturated heterocycles. The van der Waals surface area contributed by atoms with Crippen LogP contribution in [0.5, 0.6) is 5.75 Å². The van der Waals surface area contributed by atoms with Gasteiger partial charge in [0.1, 0.15) is 5.82 Å². The fourth-order valence-electron chi connectivity index (χ4n) is 1.47. The SMILES string of the molecule is CC(C)N=C(N)/N=C(\N)NOCCCOc1ccc(F)cc1F. The minimum absolute atomic E-state index is 0.0106. The number of hydrogen-bond acceptors (Lipinski definition) is 3. The Hall–Kier alpha value is -2.42. The molecular formula is C14H21F2N5O2. The molecule has 0 atom stereocenters. The Kier molecular flexibility index (Phi) is 7.75. The van der Waals surface area contributed by atoms with Crippen molar-refractivity contribution in [2.75, 3.05) is 13.2 Å². The number of benzene rings is 1. The average Bonchev–Trinajstić information content (AvgIpc) is 2.43. The van der Waals surface area contributed by atoms with Gasteiger partial charge in [0, 0.05) is 18.5 Å². The zero-order valence-corrected chi connectivity index (χ0v) is 13.1. The maximum absolute atomic E-state index is 13.3. The largest absolute Gasteiger partial charge is 0.490 e. The Morgan fingerprint density at radius 2 is 2.00 bits per heavy atom. The van der Waals surface area contributed by atoms with Gasteiger partial charge in [-0.2, -0.15) is 4.99 Å². The van der Waals surface area contributed by atoms with Crippen molar-refractivity contribution in [3.05, 3.63) is 29.8 Å². The van der Waals surface area contributed by atoms with Crippen molar-refractivity contribution < 1.29 is 18.4 Å². The summed E-state index contributed by atoms with van der Waals surface area (Å²) in [6.07, 6.45) is 0.451. The van der Waals surface area contributed by atoms with Gasteiger partial charge in [-0.1, -0.05) is 0 Å². The molecule has 0 aliphatic carbocycles. The van der Waals surface area contributed by atoms with Gasteiger partial charge in [0.15, 0.2) is 11.6 Å². The minimum Gasteiger partial charge on any atom is -0.490 e. The molecule has 0 aliphatic heterocycles. The monoisotopic (exact) mass is 329 g/mol. The van der Waals surface area contributed by atoms with Crippen LogP contribution in [0.25, 0.3) is 0 Å². The van der Waals surface area contributed by atoms with E-state index in [2.05, 4.69) is 15.5 Å². The van der Waals surface area contributed by atoms with Crippen molar-refractivity contribution in [2.24, 2.45) is 21.5 Å². The summed E-state index contributed by atoms with van der Waals surface area (Å²) in [6, 6.07) is 3.12. The summed E-state index contributed by atoms with van der Waals surface area (Å²) in [7, 11) is 0. The second-order valence-electron chi connectivity index (χ2n) is 4.81. The summed E-state index contributed by atoms with van der Waals surface area (Å²) in [5, 5.41) is 0. The molecule has 5 N–H and O–H groups in total. The summed E-state index contributed by atoms with van der Waals surface area (Å²) in [6.45, 7) is 4.14. The topological polar surface area (TPSA) is 107 Å². The van der Waals surface area contributed by atoms with Crippen LogP contribution in [0.1, 0.15) is 20.3 Å².